The fourth-order valence-corrected chi connectivity index (χ4v) is 1.94. The van der Waals surface area contributed by atoms with E-state index in [-0.39, 0.29) is 11.7 Å². The van der Waals surface area contributed by atoms with Crippen LogP contribution in [0.25, 0.3) is 0 Å². The molecule has 0 aliphatic rings. The molecule has 0 bridgehead atoms. The SMILES string of the molecule is CC(NCc1ccc([N+](=O)[O-])cc1Cl)c1ccco1. The number of nitro benzene ring substituents is 1. The molecule has 0 aliphatic heterocycles. The maximum atomic E-state index is 10.6. The van der Waals surface area contributed by atoms with E-state index in [1.807, 2.05) is 19.1 Å². The van der Waals surface area contributed by atoms with E-state index >= 15 is 0 Å². The third-order valence-electron chi connectivity index (χ3n) is 2.82. The van der Waals surface area contributed by atoms with E-state index in [0.29, 0.717) is 11.6 Å². The van der Waals surface area contributed by atoms with E-state index in [9.17, 15) is 10.1 Å². The first-order chi connectivity index (χ1) is 9.08. The average molecular weight is 281 g/mol. The predicted molar refractivity (Wildman–Crippen MR) is 72.1 cm³/mol. The van der Waals surface area contributed by atoms with Gasteiger partial charge in [0, 0.05) is 18.7 Å². The van der Waals surface area contributed by atoms with Crippen molar-refractivity contribution < 1.29 is 9.34 Å². The van der Waals surface area contributed by atoms with Crippen molar-refractivity contribution in [1.82, 2.24) is 5.32 Å². The van der Waals surface area contributed by atoms with Crippen molar-refractivity contribution in [2.24, 2.45) is 0 Å². The number of nitrogens with zero attached hydrogens (tertiary/aromatic N) is 1. The van der Waals surface area contributed by atoms with Gasteiger partial charge in [0.1, 0.15) is 5.76 Å². The molecule has 0 spiro atoms. The van der Waals surface area contributed by atoms with Crippen LogP contribution in [0.5, 0.6) is 0 Å². The molecular formula is C13H13ClN2O3. The van der Waals surface area contributed by atoms with Gasteiger partial charge in [-0.1, -0.05) is 11.6 Å². The largest absolute Gasteiger partial charge is 0.468 e. The lowest BCUT2D eigenvalue weighted by Crippen LogP contribution is -2.17. The molecule has 6 heteroatoms. The zero-order valence-electron chi connectivity index (χ0n) is 10.3. The van der Waals surface area contributed by atoms with Gasteiger partial charge < -0.3 is 9.73 Å². The minimum Gasteiger partial charge on any atom is -0.468 e. The molecule has 0 saturated heterocycles. The van der Waals surface area contributed by atoms with Crippen LogP contribution in [0.4, 0.5) is 5.69 Å². The first kappa shape index (κ1) is 13.6. The molecule has 5 nitrogen and oxygen atoms in total. The van der Waals surface area contributed by atoms with Gasteiger partial charge in [-0.3, -0.25) is 10.1 Å². The topological polar surface area (TPSA) is 68.3 Å². The van der Waals surface area contributed by atoms with E-state index in [1.54, 1.807) is 12.3 Å². The number of non-ortho nitro benzene ring substituents is 1. The number of hydrogen-bond acceptors (Lipinski definition) is 4. The van der Waals surface area contributed by atoms with E-state index < -0.39 is 4.92 Å². The van der Waals surface area contributed by atoms with Crippen LogP contribution in [0, 0.1) is 10.1 Å². The normalized spacial score (nSPS) is 12.3. The summed E-state index contributed by atoms with van der Waals surface area (Å²) >= 11 is 6.01. The molecule has 100 valence electrons. The highest BCUT2D eigenvalue weighted by Gasteiger charge is 2.11. The van der Waals surface area contributed by atoms with Gasteiger partial charge in [0.2, 0.25) is 0 Å². The fourth-order valence-electron chi connectivity index (χ4n) is 1.69. The summed E-state index contributed by atoms with van der Waals surface area (Å²) in [7, 11) is 0. The minimum absolute atomic E-state index is 0.00664. The zero-order valence-corrected chi connectivity index (χ0v) is 11.1. The number of rotatable bonds is 5. The van der Waals surface area contributed by atoms with Crippen LogP contribution in [-0.2, 0) is 6.54 Å². The molecule has 2 aromatic rings. The molecule has 1 heterocycles. The smallest absolute Gasteiger partial charge is 0.270 e. The first-order valence-electron chi connectivity index (χ1n) is 5.77. The molecule has 19 heavy (non-hydrogen) atoms. The van der Waals surface area contributed by atoms with Gasteiger partial charge in [0.25, 0.3) is 5.69 Å². The number of benzene rings is 1. The summed E-state index contributed by atoms with van der Waals surface area (Å²) in [6, 6.07) is 8.21. The predicted octanol–water partition coefficient (Wildman–Crippen LogP) is 3.69. The molecule has 1 N–H and O–H groups in total. The van der Waals surface area contributed by atoms with Crippen molar-refractivity contribution >= 4 is 17.3 Å². The van der Waals surface area contributed by atoms with Crippen molar-refractivity contribution in [3.05, 3.63) is 63.1 Å². The van der Waals surface area contributed by atoms with Crippen molar-refractivity contribution in [3.63, 3.8) is 0 Å². The summed E-state index contributed by atoms with van der Waals surface area (Å²) in [5, 5.41) is 14.2. The first-order valence-corrected chi connectivity index (χ1v) is 6.15. The van der Waals surface area contributed by atoms with Crippen LogP contribution >= 0.6 is 11.6 Å². The Kier molecular flexibility index (Phi) is 4.19. The summed E-state index contributed by atoms with van der Waals surface area (Å²) < 4.78 is 5.28. The maximum Gasteiger partial charge on any atom is 0.270 e. The van der Waals surface area contributed by atoms with Gasteiger partial charge in [0.15, 0.2) is 0 Å². The molecule has 0 saturated carbocycles. The van der Waals surface area contributed by atoms with Gasteiger partial charge >= 0.3 is 0 Å². The summed E-state index contributed by atoms with van der Waals surface area (Å²) in [5.41, 5.74) is 0.804. The summed E-state index contributed by atoms with van der Waals surface area (Å²) in [4.78, 5) is 10.1. The van der Waals surface area contributed by atoms with E-state index in [0.717, 1.165) is 11.3 Å². The number of nitrogens with one attached hydrogen (secondary N) is 1. The van der Waals surface area contributed by atoms with Gasteiger partial charge in [0.05, 0.1) is 22.3 Å². The third-order valence-corrected chi connectivity index (χ3v) is 3.17. The molecule has 0 amide bonds. The van der Waals surface area contributed by atoms with Gasteiger partial charge in [-0.25, -0.2) is 0 Å². The molecule has 1 atom stereocenters. The molecule has 1 unspecified atom stereocenters. The van der Waals surface area contributed by atoms with Crippen LogP contribution in [0.1, 0.15) is 24.3 Å². The summed E-state index contributed by atoms with van der Waals surface area (Å²) in [6.45, 7) is 2.48. The molecule has 0 aliphatic carbocycles. The Balaban J connectivity index is 2.02. The second-order valence-corrected chi connectivity index (χ2v) is 4.56. The van der Waals surface area contributed by atoms with Crippen LogP contribution in [-0.4, -0.2) is 4.92 Å². The average Bonchev–Trinajstić information content (AvgIpc) is 2.90. The van der Waals surface area contributed by atoms with E-state index in [1.165, 1.54) is 12.1 Å². The number of nitro groups is 1. The Morgan fingerprint density at radius 3 is 2.84 bits per heavy atom. The van der Waals surface area contributed by atoms with E-state index in [4.69, 9.17) is 16.0 Å². The Hall–Kier alpha value is -1.85. The van der Waals surface area contributed by atoms with Gasteiger partial charge in [-0.2, -0.15) is 0 Å². The summed E-state index contributed by atoms with van der Waals surface area (Å²) in [6.07, 6.45) is 1.62. The number of hydrogen-bond donors (Lipinski definition) is 1. The number of furan rings is 1. The van der Waals surface area contributed by atoms with Crippen molar-refractivity contribution in [2.45, 2.75) is 19.5 Å². The van der Waals surface area contributed by atoms with Crippen molar-refractivity contribution in [1.29, 1.82) is 0 Å². The second-order valence-electron chi connectivity index (χ2n) is 4.15. The van der Waals surface area contributed by atoms with Gasteiger partial charge in [-0.05, 0) is 30.7 Å². The van der Waals surface area contributed by atoms with Crippen LogP contribution < -0.4 is 5.32 Å². The Labute approximate surface area is 115 Å². The van der Waals surface area contributed by atoms with Crippen LogP contribution in [0.3, 0.4) is 0 Å². The van der Waals surface area contributed by atoms with E-state index in [2.05, 4.69) is 5.32 Å². The Bertz CT molecular complexity index is 569. The summed E-state index contributed by atoms with van der Waals surface area (Å²) in [5.74, 6) is 0.832. The lowest BCUT2D eigenvalue weighted by atomic mass is 10.2. The van der Waals surface area contributed by atoms with Crippen LogP contribution in [0.2, 0.25) is 5.02 Å². The zero-order chi connectivity index (χ0) is 13.8. The highest BCUT2D eigenvalue weighted by atomic mass is 35.5. The molecule has 2 rings (SSSR count). The highest BCUT2D eigenvalue weighted by Crippen LogP contribution is 2.23. The standard InChI is InChI=1S/C13H13ClN2O3/c1-9(13-3-2-6-19-13)15-8-10-4-5-11(16(17)18)7-12(10)14/h2-7,9,15H,8H2,1H3. The maximum absolute atomic E-state index is 10.6. The molecular weight excluding hydrogens is 268 g/mol. The fraction of sp³-hybridized carbons (Fsp3) is 0.231. The molecule has 1 aromatic carbocycles. The minimum atomic E-state index is -0.464. The second kappa shape index (κ2) is 5.86. The van der Waals surface area contributed by atoms with Crippen LogP contribution in [0.15, 0.2) is 41.0 Å². The molecule has 1 aromatic heterocycles. The Morgan fingerprint density at radius 1 is 1.47 bits per heavy atom. The van der Waals surface area contributed by atoms with Crippen molar-refractivity contribution in [3.8, 4) is 0 Å². The van der Waals surface area contributed by atoms with Crippen molar-refractivity contribution in [2.75, 3.05) is 0 Å². The molecule has 0 fully saturated rings. The highest BCUT2D eigenvalue weighted by molar-refractivity contribution is 6.31. The third kappa shape index (κ3) is 3.33. The lowest BCUT2D eigenvalue weighted by molar-refractivity contribution is -0.384. The lowest BCUT2D eigenvalue weighted by Gasteiger charge is -2.12. The van der Waals surface area contributed by atoms with Gasteiger partial charge in [-0.15, -0.1) is 0 Å². The monoisotopic (exact) mass is 280 g/mol. The number of halogens is 1. The Morgan fingerprint density at radius 2 is 2.26 bits per heavy atom. The molecule has 0 radical (unpaired) electrons. The quantitative estimate of drug-likeness (QED) is 0.670.